The van der Waals surface area contributed by atoms with E-state index in [0.29, 0.717) is 32.5 Å². The van der Waals surface area contributed by atoms with E-state index in [0.717, 1.165) is 12.8 Å². The van der Waals surface area contributed by atoms with Crippen molar-refractivity contribution in [1.29, 1.82) is 0 Å². The summed E-state index contributed by atoms with van der Waals surface area (Å²) in [6.45, 7) is 6.36. The van der Waals surface area contributed by atoms with Crippen molar-refractivity contribution < 1.29 is 27.4 Å². The lowest BCUT2D eigenvalue weighted by atomic mass is 10.1. The second-order valence-electron chi connectivity index (χ2n) is 12.0. The first-order valence-electron chi connectivity index (χ1n) is 13.5. The zero-order chi connectivity index (χ0) is 29.2. The molecule has 1 aliphatic heterocycles. The molecule has 1 spiro atoms. The second kappa shape index (κ2) is 9.78. The van der Waals surface area contributed by atoms with Crippen molar-refractivity contribution in [3.63, 3.8) is 0 Å². The molecule has 2 aliphatic carbocycles. The molecule has 0 radical (unpaired) electrons. The second-order valence-corrected chi connectivity index (χ2v) is 12.3. The SMILES string of the molecule is CC(C)(C)OC(=O)N1CCN(c2nc3c(Nc4ccc(OCC5(F)CC5)c(Cl)c4F)ncnc3cc2F)CC12CC2. The van der Waals surface area contributed by atoms with Gasteiger partial charge in [-0.1, -0.05) is 11.6 Å². The maximum absolute atomic E-state index is 15.3. The fraction of sp³-hybridized carbons (Fsp3) is 0.500. The molecule has 0 bridgehead atoms. The number of ether oxygens (including phenoxy) is 2. The fourth-order valence-electron chi connectivity index (χ4n) is 4.95. The van der Waals surface area contributed by atoms with Crippen LogP contribution >= 0.6 is 11.6 Å². The van der Waals surface area contributed by atoms with E-state index in [4.69, 9.17) is 21.1 Å². The number of amides is 1. The Bertz CT molecular complexity index is 1530. The van der Waals surface area contributed by atoms with Crippen LogP contribution < -0.4 is 15.0 Å². The van der Waals surface area contributed by atoms with Gasteiger partial charge in [0.1, 0.15) is 40.5 Å². The summed E-state index contributed by atoms with van der Waals surface area (Å²) in [6.07, 6.45) is 3.21. The number of fused-ring (bicyclic) bond motifs is 1. The molecule has 13 heteroatoms. The van der Waals surface area contributed by atoms with E-state index < -0.39 is 28.4 Å². The van der Waals surface area contributed by atoms with Crippen molar-refractivity contribution in [3.05, 3.63) is 41.2 Å². The lowest BCUT2D eigenvalue weighted by molar-refractivity contribution is 0.0106. The van der Waals surface area contributed by atoms with Gasteiger partial charge in [-0.2, -0.15) is 0 Å². The minimum atomic E-state index is -1.38. The number of nitrogens with zero attached hydrogens (tertiary/aromatic N) is 5. The Hall–Kier alpha value is -3.54. The molecule has 1 N–H and O–H groups in total. The third-order valence-corrected chi connectivity index (χ3v) is 7.87. The van der Waals surface area contributed by atoms with Gasteiger partial charge in [0.25, 0.3) is 0 Å². The van der Waals surface area contributed by atoms with Crippen LogP contribution in [0.5, 0.6) is 5.75 Å². The minimum Gasteiger partial charge on any atom is -0.489 e. The number of carbonyl (C=O) groups excluding carboxylic acids is 1. The number of pyridine rings is 1. The van der Waals surface area contributed by atoms with Gasteiger partial charge in [0.2, 0.25) is 0 Å². The van der Waals surface area contributed by atoms with Crippen LogP contribution in [0.1, 0.15) is 46.5 Å². The number of halogens is 4. The Morgan fingerprint density at radius 1 is 1.15 bits per heavy atom. The highest BCUT2D eigenvalue weighted by Gasteiger charge is 2.54. The Labute approximate surface area is 240 Å². The van der Waals surface area contributed by atoms with Crippen LogP contribution in [0.15, 0.2) is 24.5 Å². The first kappa shape index (κ1) is 27.6. The van der Waals surface area contributed by atoms with Crippen molar-refractivity contribution in [3.8, 4) is 5.75 Å². The van der Waals surface area contributed by atoms with E-state index in [9.17, 15) is 9.18 Å². The number of hydrogen-bond acceptors (Lipinski definition) is 8. The molecule has 3 fully saturated rings. The summed E-state index contributed by atoms with van der Waals surface area (Å²) in [7, 11) is 0. The van der Waals surface area contributed by atoms with Gasteiger partial charge in [0, 0.05) is 25.7 Å². The van der Waals surface area contributed by atoms with Crippen LogP contribution in [0.4, 0.5) is 35.3 Å². The highest BCUT2D eigenvalue weighted by atomic mass is 35.5. The van der Waals surface area contributed by atoms with Crippen molar-refractivity contribution in [1.82, 2.24) is 19.9 Å². The number of nitrogens with one attached hydrogen (secondary N) is 1. The average Bonchev–Trinajstić information content (AvgIpc) is 3.84. The van der Waals surface area contributed by atoms with E-state index >= 15 is 8.78 Å². The number of aromatic nitrogens is 3. The van der Waals surface area contributed by atoms with Gasteiger partial charge >= 0.3 is 6.09 Å². The number of benzene rings is 1. The van der Waals surface area contributed by atoms with Gasteiger partial charge in [-0.3, -0.25) is 4.90 Å². The number of hydrogen-bond donors (Lipinski definition) is 1. The molecule has 41 heavy (non-hydrogen) atoms. The molecular formula is C28H30ClF3N6O3. The topological polar surface area (TPSA) is 92.7 Å². The molecule has 1 saturated heterocycles. The molecule has 2 saturated carbocycles. The summed E-state index contributed by atoms with van der Waals surface area (Å²) in [6, 6.07) is 4.11. The van der Waals surface area contributed by atoms with Gasteiger partial charge in [-0.15, -0.1) is 0 Å². The fourth-order valence-corrected chi connectivity index (χ4v) is 5.17. The first-order valence-corrected chi connectivity index (χ1v) is 13.9. The van der Waals surface area contributed by atoms with Gasteiger partial charge in [0.15, 0.2) is 23.3 Å². The normalized spacial score (nSPS) is 18.9. The highest BCUT2D eigenvalue weighted by molar-refractivity contribution is 6.32. The molecule has 3 aliphatic rings. The largest absolute Gasteiger partial charge is 0.489 e. The van der Waals surface area contributed by atoms with Gasteiger partial charge in [-0.25, -0.2) is 32.9 Å². The highest BCUT2D eigenvalue weighted by Crippen LogP contribution is 2.46. The smallest absolute Gasteiger partial charge is 0.410 e. The van der Waals surface area contributed by atoms with Crippen LogP contribution in [0, 0.1) is 11.6 Å². The Kier molecular flexibility index (Phi) is 6.59. The molecule has 2 aromatic heterocycles. The monoisotopic (exact) mass is 590 g/mol. The first-order chi connectivity index (χ1) is 19.4. The van der Waals surface area contributed by atoms with E-state index in [2.05, 4.69) is 20.3 Å². The van der Waals surface area contributed by atoms with Crippen LogP contribution in [0.25, 0.3) is 11.0 Å². The van der Waals surface area contributed by atoms with Crippen molar-refractivity contribution in [2.45, 2.75) is 63.3 Å². The number of alkyl halides is 1. The Morgan fingerprint density at radius 3 is 2.59 bits per heavy atom. The minimum absolute atomic E-state index is 0.0145. The van der Waals surface area contributed by atoms with Crippen LogP contribution in [-0.4, -0.2) is 69.0 Å². The van der Waals surface area contributed by atoms with E-state index in [-0.39, 0.29) is 51.8 Å². The molecule has 1 amide bonds. The summed E-state index contributed by atoms with van der Waals surface area (Å²) >= 11 is 6.18. The van der Waals surface area contributed by atoms with Crippen molar-refractivity contribution in [2.24, 2.45) is 0 Å². The molecule has 6 rings (SSSR count). The Morgan fingerprint density at radius 2 is 1.90 bits per heavy atom. The maximum atomic E-state index is 15.3. The summed E-state index contributed by atoms with van der Waals surface area (Å²) in [5.41, 5.74) is -2.00. The lowest BCUT2D eigenvalue weighted by Gasteiger charge is -2.42. The van der Waals surface area contributed by atoms with Crippen LogP contribution in [0.3, 0.4) is 0 Å². The van der Waals surface area contributed by atoms with Crippen molar-refractivity contribution >= 4 is 46.1 Å². The third-order valence-electron chi connectivity index (χ3n) is 7.52. The predicted molar refractivity (Wildman–Crippen MR) is 148 cm³/mol. The van der Waals surface area contributed by atoms with Crippen molar-refractivity contribution in [2.75, 3.05) is 36.5 Å². The summed E-state index contributed by atoms with van der Waals surface area (Å²) in [5, 5.41) is 2.58. The van der Waals surface area contributed by atoms with Gasteiger partial charge in [-0.05, 0) is 58.6 Å². The molecule has 0 atom stereocenters. The number of anilines is 3. The zero-order valence-electron chi connectivity index (χ0n) is 22.9. The Balaban J connectivity index is 1.25. The van der Waals surface area contributed by atoms with Gasteiger partial charge in [0.05, 0.1) is 16.7 Å². The lowest BCUT2D eigenvalue weighted by Crippen LogP contribution is -2.58. The molecule has 218 valence electrons. The van der Waals surface area contributed by atoms with Crippen LogP contribution in [0.2, 0.25) is 5.02 Å². The average molecular weight is 591 g/mol. The van der Waals surface area contributed by atoms with E-state index in [1.807, 2.05) is 20.8 Å². The maximum Gasteiger partial charge on any atom is 0.410 e. The molecule has 0 unspecified atom stereocenters. The third kappa shape index (κ3) is 5.53. The summed E-state index contributed by atoms with van der Waals surface area (Å²) < 4.78 is 55.4. The quantitative estimate of drug-likeness (QED) is 0.364. The number of carbonyl (C=O) groups is 1. The molecule has 1 aromatic carbocycles. The summed E-state index contributed by atoms with van der Waals surface area (Å²) in [4.78, 5) is 29.3. The van der Waals surface area contributed by atoms with E-state index in [1.54, 1.807) is 9.80 Å². The standard InChI is InChI=1S/C28H30ClF3N6O3/c1-26(2,3)41-25(39)38-11-10-37(13-28(38)8-9-28)24-16(30)12-18-22(36-24)23(34-15-33-18)35-17-4-5-19(20(29)21(17)31)40-14-27(32)6-7-27/h4-5,12,15H,6-11,13-14H2,1-3H3,(H,33,34,35). The number of rotatable bonds is 6. The molecule has 3 aromatic rings. The zero-order valence-corrected chi connectivity index (χ0v) is 23.7. The van der Waals surface area contributed by atoms with Gasteiger partial charge < -0.3 is 19.7 Å². The number of piperazine rings is 1. The van der Waals surface area contributed by atoms with Crippen LogP contribution in [-0.2, 0) is 4.74 Å². The molecular weight excluding hydrogens is 561 g/mol. The molecule has 9 nitrogen and oxygen atoms in total. The van der Waals surface area contributed by atoms with E-state index in [1.165, 1.54) is 24.5 Å². The summed E-state index contributed by atoms with van der Waals surface area (Å²) in [5.74, 6) is -1.10. The molecule has 3 heterocycles. The predicted octanol–water partition coefficient (Wildman–Crippen LogP) is 6.17.